The van der Waals surface area contributed by atoms with Gasteiger partial charge in [0.2, 0.25) is 0 Å². The lowest BCUT2D eigenvalue weighted by Gasteiger charge is -2.42. The zero-order valence-corrected chi connectivity index (χ0v) is 17.8. The number of nitrogens with zero attached hydrogens (tertiary/aromatic N) is 2. The Kier molecular flexibility index (Phi) is 5.92. The number of rotatable bonds is 7. The summed E-state index contributed by atoms with van der Waals surface area (Å²) in [6.45, 7) is 5.04. The number of fused-ring (bicyclic) bond motifs is 2. The van der Waals surface area contributed by atoms with Crippen molar-refractivity contribution in [1.82, 2.24) is 14.8 Å². The SMILES string of the molecule is CCOC(=O)CN(CC(=O)OCC)[C@H]1C=C2c3cccc4[nH]cc(c34)C[C@H]2N(C)C1. The normalized spacial score (nSPS) is 20.7. The summed E-state index contributed by atoms with van der Waals surface area (Å²) in [5, 5.41) is 1.27. The van der Waals surface area contributed by atoms with Gasteiger partial charge >= 0.3 is 11.9 Å². The number of H-pyrrole nitrogens is 1. The molecular weight excluding hydrogens is 382 g/mol. The van der Waals surface area contributed by atoms with Gasteiger partial charge in [-0.2, -0.15) is 0 Å². The van der Waals surface area contributed by atoms with E-state index in [1.165, 1.54) is 22.1 Å². The lowest BCUT2D eigenvalue weighted by molar-refractivity contribution is -0.149. The predicted molar refractivity (Wildman–Crippen MR) is 115 cm³/mol. The van der Waals surface area contributed by atoms with Crippen LogP contribution in [-0.2, 0) is 25.5 Å². The third-order valence-electron chi connectivity index (χ3n) is 5.99. The molecule has 160 valence electrons. The van der Waals surface area contributed by atoms with Crippen LogP contribution in [0.1, 0.15) is 25.0 Å². The van der Waals surface area contributed by atoms with Crippen LogP contribution in [0.3, 0.4) is 0 Å². The van der Waals surface area contributed by atoms with E-state index < -0.39 is 0 Å². The quantitative estimate of drug-likeness (QED) is 0.705. The second kappa shape index (κ2) is 8.62. The molecule has 2 atom stereocenters. The first-order valence-corrected chi connectivity index (χ1v) is 10.6. The zero-order chi connectivity index (χ0) is 21.3. The predicted octanol–water partition coefficient (Wildman–Crippen LogP) is 2.22. The molecule has 0 fully saturated rings. The van der Waals surface area contributed by atoms with Crippen molar-refractivity contribution in [1.29, 1.82) is 0 Å². The molecule has 1 aromatic carbocycles. The van der Waals surface area contributed by atoms with Crippen LogP contribution in [0.5, 0.6) is 0 Å². The molecule has 1 aromatic heterocycles. The Morgan fingerprint density at radius 2 is 1.87 bits per heavy atom. The van der Waals surface area contributed by atoms with Gasteiger partial charge in [0.25, 0.3) is 0 Å². The van der Waals surface area contributed by atoms with Crippen LogP contribution in [-0.4, -0.2) is 78.7 Å². The number of hydrogen-bond donors (Lipinski definition) is 1. The van der Waals surface area contributed by atoms with Crippen LogP contribution < -0.4 is 0 Å². The van der Waals surface area contributed by atoms with Crippen LogP contribution in [0.15, 0.2) is 30.5 Å². The summed E-state index contributed by atoms with van der Waals surface area (Å²) in [6, 6.07) is 6.52. The number of aromatic nitrogens is 1. The monoisotopic (exact) mass is 411 g/mol. The first kappa shape index (κ1) is 20.6. The van der Waals surface area contributed by atoms with Gasteiger partial charge in [-0.05, 0) is 50.1 Å². The van der Waals surface area contributed by atoms with Gasteiger partial charge in [-0.15, -0.1) is 0 Å². The fraction of sp³-hybridized carbons (Fsp3) is 0.478. The number of carbonyl (C=O) groups is 2. The van der Waals surface area contributed by atoms with Crippen LogP contribution in [0.25, 0.3) is 16.5 Å². The van der Waals surface area contributed by atoms with Crippen molar-refractivity contribution >= 4 is 28.4 Å². The standard InChI is InChI=1S/C23H29N3O4/c1-4-29-21(27)13-26(14-22(28)30-5-2)16-10-18-17-7-6-8-19-23(17)15(11-24-19)9-20(18)25(3)12-16/h6-8,10-11,16,20,24H,4-5,9,12-14H2,1-3H3/t16-,20+/m0/s1. The van der Waals surface area contributed by atoms with E-state index >= 15 is 0 Å². The highest BCUT2D eigenvalue weighted by Crippen LogP contribution is 2.40. The molecule has 7 nitrogen and oxygen atoms in total. The van der Waals surface area contributed by atoms with Gasteiger partial charge in [0, 0.05) is 35.7 Å². The molecule has 1 N–H and O–H groups in total. The maximum Gasteiger partial charge on any atom is 0.320 e. The molecule has 0 saturated carbocycles. The van der Waals surface area contributed by atoms with Crippen LogP contribution in [0.4, 0.5) is 0 Å². The Morgan fingerprint density at radius 3 is 2.53 bits per heavy atom. The average molecular weight is 412 g/mol. The largest absolute Gasteiger partial charge is 0.465 e. The third-order valence-corrected chi connectivity index (χ3v) is 5.99. The first-order chi connectivity index (χ1) is 14.5. The molecule has 0 spiro atoms. The van der Waals surface area contributed by atoms with Crippen LogP contribution in [0, 0.1) is 0 Å². The third kappa shape index (κ3) is 3.87. The summed E-state index contributed by atoms with van der Waals surface area (Å²) in [7, 11) is 2.11. The van der Waals surface area contributed by atoms with E-state index in [1.54, 1.807) is 13.8 Å². The molecule has 0 unspecified atom stereocenters. The number of aromatic amines is 1. The van der Waals surface area contributed by atoms with E-state index in [2.05, 4.69) is 47.4 Å². The topological polar surface area (TPSA) is 74.9 Å². The summed E-state index contributed by atoms with van der Waals surface area (Å²) in [5.41, 5.74) is 4.96. The van der Waals surface area contributed by atoms with Crippen LogP contribution >= 0.6 is 0 Å². The molecule has 0 radical (unpaired) electrons. The highest BCUT2D eigenvalue weighted by molar-refractivity contribution is 5.98. The Morgan fingerprint density at radius 1 is 1.17 bits per heavy atom. The molecule has 30 heavy (non-hydrogen) atoms. The minimum atomic E-state index is -0.330. The molecule has 1 aliphatic carbocycles. The van der Waals surface area contributed by atoms with Crippen molar-refractivity contribution in [2.75, 3.05) is 39.9 Å². The first-order valence-electron chi connectivity index (χ1n) is 10.6. The highest BCUT2D eigenvalue weighted by atomic mass is 16.5. The number of likely N-dealkylation sites (N-methyl/N-ethyl adjacent to an activating group) is 1. The average Bonchev–Trinajstić information content (AvgIpc) is 3.13. The summed E-state index contributed by atoms with van der Waals surface area (Å²) in [5.74, 6) is -0.660. The Balaban J connectivity index is 1.69. The summed E-state index contributed by atoms with van der Waals surface area (Å²) >= 11 is 0. The van der Waals surface area contributed by atoms with E-state index in [1.807, 2.05) is 4.90 Å². The highest BCUT2D eigenvalue weighted by Gasteiger charge is 2.36. The molecule has 2 aliphatic rings. The van der Waals surface area contributed by atoms with Crippen molar-refractivity contribution in [2.45, 2.75) is 32.4 Å². The van der Waals surface area contributed by atoms with Gasteiger partial charge in [0.1, 0.15) is 0 Å². The van der Waals surface area contributed by atoms with Gasteiger partial charge in [-0.3, -0.25) is 19.4 Å². The van der Waals surface area contributed by atoms with Gasteiger partial charge in [-0.25, -0.2) is 0 Å². The number of ether oxygens (including phenoxy) is 2. The minimum Gasteiger partial charge on any atom is -0.465 e. The van der Waals surface area contributed by atoms with Crippen molar-refractivity contribution < 1.29 is 19.1 Å². The van der Waals surface area contributed by atoms with Gasteiger partial charge < -0.3 is 14.5 Å². The molecular formula is C23H29N3O4. The maximum atomic E-state index is 12.2. The Hall–Kier alpha value is -2.64. The van der Waals surface area contributed by atoms with E-state index in [4.69, 9.17) is 9.47 Å². The van der Waals surface area contributed by atoms with E-state index in [0.29, 0.717) is 13.2 Å². The fourth-order valence-corrected chi connectivity index (χ4v) is 4.69. The lowest BCUT2D eigenvalue weighted by atomic mass is 9.81. The van der Waals surface area contributed by atoms with E-state index in [9.17, 15) is 9.59 Å². The van der Waals surface area contributed by atoms with Crippen LogP contribution in [0.2, 0.25) is 0 Å². The molecule has 0 saturated heterocycles. The second-order valence-electron chi connectivity index (χ2n) is 7.91. The van der Waals surface area contributed by atoms with Crippen molar-refractivity contribution in [2.24, 2.45) is 0 Å². The molecule has 1 aliphatic heterocycles. The van der Waals surface area contributed by atoms with E-state index in [-0.39, 0.29) is 37.1 Å². The number of hydrogen-bond acceptors (Lipinski definition) is 6. The Labute approximate surface area is 176 Å². The van der Waals surface area contributed by atoms with Gasteiger partial charge in [-0.1, -0.05) is 18.2 Å². The smallest absolute Gasteiger partial charge is 0.320 e. The van der Waals surface area contributed by atoms with Gasteiger partial charge in [0.05, 0.1) is 26.3 Å². The van der Waals surface area contributed by atoms with Crippen molar-refractivity contribution in [3.63, 3.8) is 0 Å². The fourth-order valence-electron chi connectivity index (χ4n) is 4.69. The summed E-state index contributed by atoms with van der Waals surface area (Å²) < 4.78 is 10.3. The van der Waals surface area contributed by atoms with E-state index in [0.717, 1.165) is 18.5 Å². The number of benzene rings is 1. The lowest BCUT2D eigenvalue weighted by Crippen LogP contribution is -2.52. The van der Waals surface area contributed by atoms with Gasteiger partial charge in [0.15, 0.2) is 0 Å². The second-order valence-corrected chi connectivity index (χ2v) is 7.91. The molecule has 2 aromatic rings. The molecule has 4 rings (SSSR count). The van der Waals surface area contributed by atoms with Crippen molar-refractivity contribution in [3.8, 4) is 0 Å². The number of esters is 2. The number of carbonyl (C=O) groups excluding carboxylic acids is 2. The molecule has 0 amide bonds. The van der Waals surface area contributed by atoms with Crippen molar-refractivity contribution in [3.05, 3.63) is 41.6 Å². The molecule has 0 bridgehead atoms. The summed E-state index contributed by atoms with van der Waals surface area (Å²) in [4.78, 5) is 32.0. The number of nitrogens with one attached hydrogen (secondary N) is 1. The minimum absolute atomic E-state index is 0.0548. The molecule has 7 heteroatoms. The zero-order valence-electron chi connectivity index (χ0n) is 17.8. The molecule has 2 heterocycles. The Bertz CT molecular complexity index is 960. The maximum absolute atomic E-state index is 12.2. The summed E-state index contributed by atoms with van der Waals surface area (Å²) in [6.07, 6.45) is 5.29.